The molecule has 1 heterocycles. The van der Waals surface area contributed by atoms with Crippen LogP contribution in [0, 0.1) is 23.7 Å². The average molecular weight is 931 g/mol. The first-order chi connectivity index (χ1) is 29.3. The Balaban J connectivity index is 1.60. The number of carbonyl (C=O) groups excluding carboxylic acids is 1. The van der Waals surface area contributed by atoms with Gasteiger partial charge >= 0.3 is 6.16 Å². The fourth-order valence-corrected chi connectivity index (χ4v) is 16.3. The van der Waals surface area contributed by atoms with Crippen molar-refractivity contribution in [3.05, 3.63) is 76.9 Å². The van der Waals surface area contributed by atoms with E-state index in [2.05, 4.69) is 75.4 Å². The highest BCUT2D eigenvalue weighted by atomic mass is 32.2. The Labute approximate surface area is 378 Å². The molecule has 12 nitrogen and oxygen atoms in total. The lowest BCUT2D eigenvalue weighted by atomic mass is 9.46. The Morgan fingerprint density at radius 2 is 1.49 bits per heavy atom. The highest BCUT2D eigenvalue weighted by molar-refractivity contribution is 7.86. The maximum atomic E-state index is 14.2. The van der Waals surface area contributed by atoms with Gasteiger partial charge in [-0.2, -0.15) is 8.42 Å². The summed E-state index contributed by atoms with van der Waals surface area (Å²) in [4.78, 5) is 14.0. The SMILES string of the molecule is CC[Si](CC)(CC)O[C@@H]1C[C@]2(C)[C@@H](OCOCc3ccccc3)C[C@H](OS(=O)(=O)c3ccc(C)cc3)[C@@](O)(CO)[C@H]2[C@@H]2OC(=O)O[C@]23C[C@H](O[Si](C)(C)C(C)(C)C)C(C)=C1C3(C)C. The van der Waals surface area contributed by atoms with Gasteiger partial charge in [0.2, 0.25) is 0 Å². The van der Waals surface area contributed by atoms with Crippen molar-refractivity contribution in [2.75, 3.05) is 13.4 Å². The number of benzene rings is 2. The fraction of sp³-hybridized carbons (Fsp3) is 0.688. The van der Waals surface area contributed by atoms with E-state index in [1.807, 2.05) is 44.2 Å². The fourth-order valence-electron chi connectivity index (χ4n) is 11.1. The van der Waals surface area contributed by atoms with E-state index in [0.29, 0.717) is 0 Å². The summed E-state index contributed by atoms with van der Waals surface area (Å²) in [5, 5.41) is 25.0. The second-order valence-corrected chi connectivity index (χ2v) is 32.0. The molecule has 9 atom stereocenters. The molecule has 3 aliphatic carbocycles. The van der Waals surface area contributed by atoms with Gasteiger partial charge < -0.3 is 38.0 Å². The van der Waals surface area contributed by atoms with Crippen LogP contribution in [-0.2, 0) is 48.7 Å². The van der Waals surface area contributed by atoms with Crippen molar-refractivity contribution in [3.63, 3.8) is 0 Å². The molecule has 0 aromatic heterocycles. The van der Waals surface area contributed by atoms with E-state index in [1.165, 1.54) is 12.1 Å². The third-order valence-electron chi connectivity index (χ3n) is 16.1. The molecule has 2 bridgehead atoms. The molecular weight excluding hydrogens is 857 g/mol. The van der Waals surface area contributed by atoms with Gasteiger partial charge in [-0.05, 0) is 85.4 Å². The van der Waals surface area contributed by atoms with Crippen molar-refractivity contribution in [2.24, 2.45) is 16.7 Å². The van der Waals surface area contributed by atoms with Gasteiger partial charge in [0.25, 0.3) is 10.1 Å². The van der Waals surface area contributed by atoms with E-state index in [1.54, 1.807) is 12.1 Å². The Bertz CT molecular complexity index is 2070. The third kappa shape index (κ3) is 8.94. The van der Waals surface area contributed by atoms with Crippen LogP contribution < -0.4 is 0 Å². The van der Waals surface area contributed by atoms with Gasteiger partial charge in [-0.25, -0.2) is 4.79 Å². The Morgan fingerprint density at radius 3 is 2.06 bits per heavy atom. The molecule has 1 aliphatic heterocycles. The van der Waals surface area contributed by atoms with Gasteiger partial charge in [0, 0.05) is 29.6 Å². The molecule has 15 heteroatoms. The maximum absolute atomic E-state index is 14.2. The minimum atomic E-state index is -4.52. The summed E-state index contributed by atoms with van der Waals surface area (Å²) in [6.45, 7) is 26.7. The summed E-state index contributed by atoms with van der Waals surface area (Å²) < 4.78 is 75.5. The van der Waals surface area contributed by atoms with E-state index >= 15 is 0 Å². The van der Waals surface area contributed by atoms with E-state index < -0.39 is 98.0 Å². The molecule has 2 aromatic carbocycles. The number of aryl methyl sites for hydroxylation is 1. The molecule has 63 heavy (non-hydrogen) atoms. The van der Waals surface area contributed by atoms with Crippen molar-refractivity contribution in [1.82, 2.24) is 0 Å². The second-order valence-electron chi connectivity index (χ2n) is 21.0. The zero-order chi connectivity index (χ0) is 46.6. The molecule has 0 unspecified atom stereocenters. The summed E-state index contributed by atoms with van der Waals surface area (Å²) >= 11 is 0. The van der Waals surface area contributed by atoms with Crippen LogP contribution in [-0.4, -0.2) is 96.5 Å². The molecule has 2 aromatic rings. The molecule has 0 amide bonds. The number of fused-ring (bicyclic) bond motifs is 3. The minimum absolute atomic E-state index is 0.104. The van der Waals surface area contributed by atoms with Crippen molar-refractivity contribution in [3.8, 4) is 0 Å². The molecule has 6 rings (SSSR count). The molecule has 2 N–H and O–H groups in total. The second kappa shape index (κ2) is 18.0. The number of carbonyl (C=O) groups is 1. The zero-order valence-corrected chi connectivity index (χ0v) is 42.7. The van der Waals surface area contributed by atoms with Crippen LogP contribution in [0.4, 0.5) is 4.79 Å². The van der Waals surface area contributed by atoms with Gasteiger partial charge in [0.1, 0.15) is 18.5 Å². The Hall–Kier alpha value is -2.45. The standard InChI is InChI=1S/C48H74O12SSi2/c1-14-63(15-2,16-3)60-37-27-46(11)38(55-31-54-29-34-20-18-17-19-21-34)26-39(58-61(52,53)35-24-22-32(4)23-25-35)47(51,30-49)41(46)42-48(57-43(50)56-42)28-36(33(5)40(37)45(48,9)10)59-62(12,13)44(6,7)8/h17-25,36-39,41-42,49,51H,14-16,26-31H2,1-13H3/t36-,37+,38-,39-,41-,42-,46+,47-,48+/m0/s1. The largest absolute Gasteiger partial charge is 0.509 e. The highest BCUT2D eigenvalue weighted by Gasteiger charge is 2.76. The van der Waals surface area contributed by atoms with Crippen LogP contribution in [0.2, 0.25) is 36.3 Å². The molecule has 352 valence electrons. The topological polar surface area (TPSA) is 156 Å². The maximum Gasteiger partial charge on any atom is 0.509 e. The molecule has 1 spiro atoms. The van der Waals surface area contributed by atoms with Crippen LogP contribution in [0.15, 0.2) is 70.6 Å². The quantitative estimate of drug-likeness (QED) is 0.0411. The lowest BCUT2D eigenvalue weighted by Crippen LogP contribution is -2.75. The number of aliphatic hydroxyl groups excluding tert-OH is 1. The third-order valence-corrected chi connectivity index (χ3v) is 26.6. The van der Waals surface area contributed by atoms with Crippen molar-refractivity contribution in [1.29, 1.82) is 0 Å². The van der Waals surface area contributed by atoms with Crippen molar-refractivity contribution >= 4 is 32.9 Å². The predicted molar refractivity (Wildman–Crippen MR) is 246 cm³/mol. The van der Waals surface area contributed by atoms with Crippen LogP contribution in [0.3, 0.4) is 0 Å². The molecule has 3 fully saturated rings. The van der Waals surface area contributed by atoms with Gasteiger partial charge in [-0.1, -0.05) is 110 Å². The number of hydrogen-bond acceptors (Lipinski definition) is 12. The van der Waals surface area contributed by atoms with Crippen LogP contribution in [0.25, 0.3) is 0 Å². The Morgan fingerprint density at radius 1 is 0.873 bits per heavy atom. The number of aliphatic hydroxyl groups is 2. The monoisotopic (exact) mass is 930 g/mol. The zero-order valence-electron chi connectivity index (χ0n) is 39.9. The van der Waals surface area contributed by atoms with Gasteiger partial charge in [0.15, 0.2) is 28.3 Å². The van der Waals surface area contributed by atoms with Crippen molar-refractivity contribution in [2.45, 2.75) is 185 Å². The predicted octanol–water partition coefficient (Wildman–Crippen LogP) is 9.58. The average Bonchev–Trinajstić information content (AvgIpc) is 3.54. The minimum Gasteiger partial charge on any atom is -0.426 e. The van der Waals surface area contributed by atoms with Crippen LogP contribution in [0.1, 0.15) is 99.6 Å². The first-order valence-corrected chi connectivity index (χ1v) is 29.7. The first-order valence-electron chi connectivity index (χ1n) is 22.8. The van der Waals surface area contributed by atoms with Crippen LogP contribution in [0.5, 0.6) is 0 Å². The first kappa shape index (κ1) is 50.0. The smallest absolute Gasteiger partial charge is 0.426 e. The molecule has 0 radical (unpaired) electrons. The summed E-state index contributed by atoms with van der Waals surface area (Å²) in [5.41, 5.74) is -2.15. The van der Waals surface area contributed by atoms with Gasteiger partial charge in [-0.15, -0.1) is 0 Å². The Kier molecular flexibility index (Phi) is 14.3. The number of rotatable bonds is 16. The molecular formula is C48H74O12SSi2. The van der Waals surface area contributed by atoms with Gasteiger partial charge in [-0.3, -0.25) is 4.18 Å². The van der Waals surface area contributed by atoms with Gasteiger partial charge in [0.05, 0.1) is 36.4 Å². The van der Waals surface area contributed by atoms with E-state index in [-0.39, 0.29) is 42.6 Å². The van der Waals surface area contributed by atoms with E-state index in [4.69, 9.17) is 32.0 Å². The highest BCUT2D eigenvalue weighted by Crippen LogP contribution is 2.66. The lowest BCUT2D eigenvalue weighted by Gasteiger charge is -2.64. The van der Waals surface area contributed by atoms with Crippen molar-refractivity contribution < 1.29 is 55.4 Å². The normalized spacial score (nSPS) is 32.3. The van der Waals surface area contributed by atoms with Crippen LogP contribution >= 0.6 is 0 Å². The summed E-state index contributed by atoms with van der Waals surface area (Å²) in [7, 11) is -9.44. The molecule has 4 aliphatic rings. The van der Waals surface area contributed by atoms with E-state index in [0.717, 1.165) is 40.4 Å². The summed E-state index contributed by atoms with van der Waals surface area (Å²) in [6, 6.07) is 18.5. The number of ether oxygens (including phenoxy) is 4. The summed E-state index contributed by atoms with van der Waals surface area (Å²) in [5.74, 6) is -1.22. The lowest BCUT2D eigenvalue weighted by molar-refractivity contribution is -0.284. The number of hydrogen-bond donors (Lipinski definition) is 2. The molecule has 1 saturated heterocycles. The molecule has 2 saturated carbocycles. The summed E-state index contributed by atoms with van der Waals surface area (Å²) in [6.07, 6.45) is -5.35. The van der Waals surface area contributed by atoms with E-state index in [9.17, 15) is 23.4 Å².